The molecule has 2 saturated heterocycles. The number of benzene rings is 1. The molecular weight excluding hydrogens is 400 g/mol. The first-order valence-corrected chi connectivity index (χ1v) is 12.0. The molecule has 2 bridgehead atoms. The van der Waals surface area contributed by atoms with Crippen LogP contribution >= 0.6 is 0 Å². The van der Waals surface area contributed by atoms with Crippen LogP contribution in [0.25, 0.3) is 11.1 Å². The van der Waals surface area contributed by atoms with Crippen molar-refractivity contribution < 1.29 is 9.69 Å². The fourth-order valence-corrected chi connectivity index (χ4v) is 6.29. The van der Waals surface area contributed by atoms with Crippen molar-refractivity contribution in [2.75, 3.05) is 45.2 Å². The number of aromatic nitrogens is 1. The van der Waals surface area contributed by atoms with Gasteiger partial charge in [0.25, 0.3) is 5.56 Å². The number of hydrogen-bond acceptors (Lipinski definition) is 3. The van der Waals surface area contributed by atoms with Crippen LogP contribution in [0, 0.1) is 5.92 Å². The van der Waals surface area contributed by atoms with Crippen molar-refractivity contribution in [2.24, 2.45) is 5.92 Å². The summed E-state index contributed by atoms with van der Waals surface area (Å²) in [6.45, 7) is 6.53. The maximum absolute atomic E-state index is 12.8. The van der Waals surface area contributed by atoms with E-state index in [0.717, 1.165) is 45.6 Å². The van der Waals surface area contributed by atoms with E-state index in [4.69, 9.17) is 0 Å². The second-order valence-electron chi connectivity index (χ2n) is 10.2. The molecule has 1 amide bonds. The van der Waals surface area contributed by atoms with Crippen molar-refractivity contribution in [1.29, 1.82) is 0 Å². The molecule has 1 aromatic carbocycles. The van der Waals surface area contributed by atoms with E-state index in [-0.39, 0.29) is 11.5 Å². The highest BCUT2D eigenvalue weighted by Crippen LogP contribution is 2.37. The van der Waals surface area contributed by atoms with Crippen LogP contribution in [0.2, 0.25) is 0 Å². The summed E-state index contributed by atoms with van der Waals surface area (Å²) in [5, 5.41) is 0. The Hall–Kier alpha value is -2.60. The number of quaternary nitrogens is 1. The molecule has 6 heteroatoms. The third-order valence-electron chi connectivity index (χ3n) is 7.94. The van der Waals surface area contributed by atoms with Crippen LogP contribution in [0.3, 0.4) is 0 Å². The average molecular weight is 436 g/mol. The van der Waals surface area contributed by atoms with Gasteiger partial charge in [-0.15, -0.1) is 0 Å². The summed E-state index contributed by atoms with van der Waals surface area (Å²) in [6, 6.07) is 13.1. The standard InChI is InChI=1S/C26H34N4O2/c1-18(31)28-12-10-23(11-13-28)29-15-19-14-21(17-29)26-24(8-9-25(32)30(26)16-19)20-4-6-22(7-5-20)27(2)3/h4-9,19,21,23H,10-17H2,1-3H3/p+1/t19-,21+/m0/s1. The first-order chi connectivity index (χ1) is 15.4. The minimum atomic E-state index is 0.140. The number of carbonyl (C=O) groups excluding carboxylic acids is 1. The van der Waals surface area contributed by atoms with Gasteiger partial charge in [-0.25, -0.2) is 0 Å². The minimum Gasteiger partial charge on any atom is -0.378 e. The van der Waals surface area contributed by atoms with Crippen LogP contribution < -0.4 is 15.4 Å². The molecule has 170 valence electrons. The Morgan fingerprint density at radius 1 is 1.03 bits per heavy atom. The average Bonchev–Trinajstić information content (AvgIpc) is 2.80. The summed E-state index contributed by atoms with van der Waals surface area (Å²) in [6.07, 6.45) is 3.37. The van der Waals surface area contributed by atoms with E-state index in [2.05, 4.69) is 47.8 Å². The van der Waals surface area contributed by atoms with Crippen LogP contribution in [0.15, 0.2) is 41.2 Å². The van der Waals surface area contributed by atoms with Crippen molar-refractivity contribution in [3.8, 4) is 11.1 Å². The molecule has 0 spiro atoms. The lowest BCUT2D eigenvalue weighted by atomic mass is 9.79. The normalized spacial score (nSPS) is 25.3. The third-order valence-corrected chi connectivity index (χ3v) is 7.94. The molecule has 1 unspecified atom stereocenters. The predicted octanol–water partition coefficient (Wildman–Crippen LogP) is 1.59. The van der Waals surface area contributed by atoms with Gasteiger partial charge in [-0.1, -0.05) is 12.1 Å². The molecule has 4 heterocycles. The molecule has 1 N–H and O–H groups in total. The molecule has 2 aromatic rings. The van der Waals surface area contributed by atoms with E-state index in [9.17, 15) is 9.59 Å². The van der Waals surface area contributed by atoms with Crippen molar-refractivity contribution in [2.45, 2.75) is 44.7 Å². The largest absolute Gasteiger partial charge is 0.378 e. The smallest absolute Gasteiger partial charge is 0.250 e. The van der Waals surface area contributed by atoms with Crippen LogP contribution in [-0.4, -0.2) is 61.7 Å². The van der Waals surface area contributed by atoms with Gasteiger partial charge in [-0.3, -0.25) is 9.59 Å². The van der Waals surface area contributed by atoms with Crippen molar-refractivity contribution in [3.63, 3.8) is 0 Å². The Balaban J connectivity index is 1.43. The van der Waals surface area contributed by atoms with E-state index in [0.29, 0.717) is 17.9 Å². The quantitative estimate of drug-likeness (QED) is 0.797. The Morgan fingerprint density at radius 2 is 1.75 bits per heavy atom. The summed E-state index contributed by atoms with van der Waals surface area (Å²) in [5.74, 6) is 1.18. The van der Waals surface area contributed by atoms with Gasteiger partial charge < -0.3 is 19.3 Å². The third kappa shape index (κ3) is 3.85. The van der Waals surface area contributed by atoms with E-state index >= 15 is 0 Å². The van der Waals surface area contributed by atoms with E-state index < -0.39 is 0 Å². The monoisotopic (exact) mass is 435 g/mol. The van der Waals surface area contributed by atoms with E-state index in [1.165, 1.54) is 28.9 Å². The number of nitrogens with zero attached hydrogens (tertiary/aromatic N) is 3. The second kappa shape index (κ2) is 8.39. The maximum atomic E-state index is 12.8. The van der Waals surface area contributed by atoms with Gasteiger partial charge in [0.2, 0.25) is 5.91 Å². The number of fused-ring (bicyclic) bond motifs is 4. The highest BCUT2D eigenvalue weighted by atomic mass is 16.2. The fraction of sp³-hybridized carbons (Fsp3) is 0.538. The Kier molecular flexibility index (Phi) is 5.58. The molecule has 3 aliphatic rings. The molecule has 1 aromatic heterocycles. The Morgan fingerprint density at radius 3 is 2.41 bits per heavy atom. The van der Waals surface area contributed by atoms with Crippen LogP contribution in [0.1, 0.15) is 37.8 Å². The first kappa shape index (κ1) is 21.3. The summed E-state index contributed by atoms with van der Waals surface area (Å²) in [7, 11) is 4.11. The van der Waals surface area contributed by atoms with Gasteiger partial charge in [0, 0.05) is 88.3 Å². The summed E-state index contributed by atoms with van der Waals surface area (Å²) >= 11 is 0. The molecule has 2 fully saturated rings. The zero-order valence-electron chi connectivity index (χ0n) is 19.5. The molecular formula is C26H35N4O2+. The topological polar surface area (TPSA) is 50.0 Å². The van der Waals surface area contributed by atoms with Crippen molar-refractivity contribution >= 4 is 11.6 Å². The maximum Gasteiger partial charge on any atom is 0.250 e. The Bertz CT molecular complexity index is 1050. The highest BCUT2D eigenvalue weighted by Gasteiger charge is 2.41. The zero-order valence-corrected chi connectivity index (χ0v) is 19.5. The van der Waals surface area contributed by atoms with Gasteiger partial charge in [-0.2, -0.15) is 0 Å². The van der Waals surface area contributed by atoms with Crippen molar-refractivity contribution in [1.82, 2.24) is 9.47 Å². The molecule has 3 atom stereocenters. The summed E-state index contributed by atoms with van der Waals surface area (Å²) in [4.78, 5) is 30.3. The Labute approximate surface area is 190 Å². The molecule has 32 heavy (non-hydrogen) atoms. The molecule has 0 aliphatic carbocycles. The lowest BCUT2D eigenvalue weighted by Gasteiger charge is -2.45. The van der Waals surface area contributed by atoms with Gasteiger partial charge in [0.1, 0.15) is 0 Å². The summed E-state index contributed by atoms with van der Waals surface area (Å²) in [5.41, 5.74) is 4.97. The molecule has 0 saturated carbocycles. The van der Waals surface area contributed by atoms with Crippen LogP contribution in [0.5, 0.6) is 0 Å². The SMILES string of the molecule is CC(=O)N1CCC([NH+]2C[C@@H]3C[C@H](C2)c2c(-c4ccc(N(C)C)cc4)ccc(=O)n2C3)CC1. The number of piperidine rings is 2. The van der Waals surface area contributed by atoms with Gasteiger partial charge in [0.15, 0.2) is 0 Å². The molecule has 0 radical (unpaired) electrons. The van der Waals surface area contributed by atoms with E-state index in [1.54, 1.807) is 17.9 Å². The van der Waals surface area contributed by atoms with Gasteiger partial charge >= 0.3 is 0 Å². The van der Waals surface area contributed by atoms with Crippen LogP contribution in [0.4, 0.5) is 5.69 Å². The van der Waals surface area contributed by atoms with Crippen molar-refractivity contribution in [3.05, 3.63) is 52.4 Å². The number of rotatable bonds is 3. The number of nitrogens with one attached hydrogen (secondary N) is 1. The predicted molar refractivity (Wildman–Crippen MR) is 127 cm³/mol. The number of carbonyl (C=O) groups is 1. The number of pyridine rings is 1. The lowest BCUT2D eigenvalue weighted by molar-refractivity contribution is -0.937. The number of likely N-dealkylation sites (tertiary alicyclic amines) is 2. The number of anilines is 1. The second-order valence-corrected chi connectivity index (χ2v) is 10.2. The number of amides is 1. The molecule has 5 rings (SSSR count). The van der Waals surface area contributed by atoms with Gasteiger partial charge in [-0.05, 0) is 30.2 Å². The van der Waals surface area contributed by atoms with Crippen LogP contribution in [-0.2, 0) is 11.3 Å². The summed E-state index contributed by atoms with van der Waals surface area (Å²) < 4.78 is 2.07. The molecule has 3 aliphatic heterocycles. The first-order valence-electron chi connectivity index (χ1n) is 12.0. The molecule has 6 nitrogen and oxygen atoms in total. The zero-order chi connectivity index (χ0) is 22.4. The fourth-order valence-electron chi connectivity index (χ4n) is 6.29. The van der Waals surface area contributed by atoms with Gasteiger partial charge in [0.05, 0.1) is 19.1 Å². The highest BCUT2D eigenvalue weighted by molar-refractivity contribution is 5.73. The van der Waals surface area contributed by atoms with E-state index in [1.807, 2.05) is 11.0 Å². The minimum absolute atomic E-state index is 0.140. The lowest BCUT2D eigenvalue weighted by Crippen LogP contribution is -3.18. The number of hydrogen-bond donors (Lipinski definition) is 1.